The standard InChI is InChI=1S/C19H17ClF3N7O3/c20-10-3-11-12(5-26-16(11)25-4-10)13-6-24-7-15(28-13)30-2-1-29(18(32)33)8-14(30)17(31)27-9-19(21,22)23/h3-7,14H,1-2,8-9H2,(H,25,26)(H,27,31)(H,32,33)/t14-/m1/s1. The zero-order chi connectivity index (χ0) is 23.8. The Morgan fingerprint density at radius 1 is 1.27 bits per heavy atom. The van der Waals surface area contributed by atoms with E-state index >= 15 is 0 Å². The van der Waals surface area contributed by atoms with Gasteiger partial charge in [-0.25, -0.2) is 14.8 Å². The van der Waals surface area contributed by atoms with Gasteiger partial charge in [0.1, 0.15) is 24.1 Å². The third kappa shape index (κ3) is 4.92. The normalized spacial score (nSPS) is 16.8. The summed E-state index contributed by atoms with van der Waals surface area (Å²) in [6, 6.07) is 0.476. The maximum Gasteiger partial charge on any atom is 0.407 e. The van der Waals surface area contributed by atoms with E-state index in [9.17, 15) is 27.9 Å². The summed E-state index contributed by atoms with van der Waals surface area (Å²) in [7, 11) is 0. The lowest BCUT2D eigenvalue weighted by Crippen LogP contribution is -2.61. The van der Waals surface area contributed by atoms with Crippen molar-refractivity contribution in [3.8, 4) is 11.3 Å². The lowest BCUT2D eigenvalue weighted by molar-refractivity contribution is -0.139. The van der Waals surface area contributed by atoms with Gasteiger partial charge in [0.05, 0.1) is 29.7 Å². The quantitative estimate of drug-likeness (QED) is 0.520. The third-order valence-corrected chi connectivity index (χ3v) is 5.31. The van der Waals surface area contributed by atoms with E-state index in [-0.39, 0.29) is 25.5 Å². The number of piperazine rings is 1. The molecule has 4 heterocycles. The number of alkyl halides is 3. The number of halogens is 4. The molecule has 14 heteroatoms. The molecule has 0 radical (unpaired) electrons. The van der Waals surface area contributed by atoms with E-state index in [1.54, 1.807) is 12.3 Å². The number of carbonyl (C=O) groups is 2. The fourth-order valence-electron chi connectivity index (χ4n) is 3.57. The number of nitrogens with one attached hydrogen (secondary N) is 2. The van der Waals surface area contributed by atoms with Crippen molar-refractivity contribution >= 4 is 40.5 Å². The number of amides is 2. The first-order valence-corrected chi connectivity index (χ1v) is 10.0. The van der Waals surface area contributed by atoms with Crippen molar-refractivity contribution in [3.05, 3.63) is 35.9 Å². The lowest BCUT2D eigenvalue weighted by Gasteiger charge is -2.40. The number of nitrogens with zero attached hydrogens (tertiary/aromatic N) is 5. The van der Waals surface area contributed by atoms with Crippen molar-refractivity contribution in [2.45, 2.75) is 12.2 Å². The highest BCUT2D eigenvalue weighted by Gasteiger charge is 2.37. The maximum atomic E-state index is 12.6. The van der Waals surface area contributed by atoms with Crippen molar-refractivity contribution in [1.29, 1.82) is 0 Å². The molecule has 0 aliphatic carbocycles. The molecule has 1 aliphatic rings. The van der Waals surface area contributed by atoms with Crippen molar-refractivity contribution in [2.75, 3.05) is 31.1 Å². The minimum absolute atomic E-state index is 0.0375. The first-order chi connectivity index (χ1) is 15.6. The second-order valence-corrected chi connectivity index (χ2v) is 7.72. The number of pyridine rings is 1. The third-order valence-electron chi connectivity index (χ3n) is 5.11. The number of aromatic nitrogens is 4. The molecule has 1 fully saturated rings. The Labute approximate surface area is 189 Å². The molecule has 10 nitrogen and oxygen atoms in total. The van der Waals surface area contributed by atoms with Gasteiger partial charge in [0.25, 0.3) is 0 Å². The van der Waals surface area contributed by atoms with Crippen LogP contribution in [0.1, 0.15) is 0 Å². The molecule has 3 aromatic rings. The van der Waals surface area contributed by atoms with Crippen LogP contribution in [-0.4, -0.2) is 80.3 Å². The van der Waals surface area contributed by atoms with Crippen LogP contribution in [-0.2, 0) is 4.79 Å². The first-order valence-electron chi connectivity index (χ1n) is 9.66. The van der Waals surface area contributed by atoms with E-state index in [0.717, 1.165) is 4.90 Å². The van der Waals surface area contributed by atoms with E-state index < -0.39 is 30.8 Å². The molecule has 3 N–H and O–H groups in total. The molecule has 0 unspecified atom stereocenters. The fourth-order valence-corrected chi connectivity index (χ4v) is 3.73. The van der Waals surface area contributed by atoms with E-state index in [1.807, 2.05) is 5.32 Å². The second-order valence-electron chi connectivity index (χ2n) is 7.29. The first kappa shape index (κ1) is 22.6. The summed E-state index contributed by atoms with van der Waals surface area (Å²) in [6.07, 6.45) is 0.122. The molecule has 0 bridgehead atoms. The van der Waals surface area contributed by atoms with Gasteiger partial charge in [0.15, 0.2) is 0 Å². The Bertz CT molecular complexity index is 1200. The van der Waals surface area contributed by atoms with Crippen LogP contribution in [0.3, 0.4) is 0 Å². The van der Waals surface area contributed by atoms with Gasteiger partial charge in [-0.3, -0.25) is 9.78 Å². The van der Waals surface area contributed by atoms with Crippen molar-refractivity contribution in [1.82, 2.24) is 30.2 Å². The van der Waals surface area contributed by atoms with E-state index in [1.165, 1.54) is 23.5 Å². The van der Waals surface area contributed by atoms with Gasteiger partial charge in [-0.1, -0.05) is 11.6 Å². The fraction of sp³-hybridized carbons (Fsp3) is 0.316. The second kappa shape index (κ2) is 8.73. The average Bonchev–Trinajstić information content (AvgIpc) is 3.19. The van der Waals surface area contributed by atoms with Gasteiger partial charge < -0.3 is 25.2 Å². The number of carbonyl (C=O) groups excluding carboxylic acids is 1. The molecule has 1 aliphatic heterocycles. The van der Waals surface area contributed by atoms with Crippen molar-refractivity contribution in [2.24, 2.45) is 0 Å². The van der Waals surface area contributed by atoms with Crippen LogP contribution in [0, 0.1) is 0 Å². The molecule has 0 saturated carbocycles. The predicted octanol–water partition coefficient (Wildman–Crippen LogP) is 2.52. The Hall–Kier alpha value is -3.61. The number of aromatic amines is 1. The molecule has 0 spiro atoms. The van der Waals surface area contributed by atoms with Crippen LogP contribution in [0.25, 0.3) is 22.3 Å². The number of rotatable bonds is 4. The highest BCUT2D eigenvalue weighted by molar-refractivity contribution is 6.31. The molecule has 33 heavy (non-hydrogen) atoms. The minimum atomic E-state index is -4.61. The monoisotopic (exact) mass is 483 g/mol. The molecule has 2 amide bonds. The number of carboxylic acid groups (broad SMARTS) is 1. The van der Waals surface area contributed by atoms with Gasteiger partial charge in [0.2, 0.25) is 5.91 Å². The molecule has 3 aromatic heterocycles. The van der Waals surface area contributed by atoms with E-state index in [4.69, 9.17) is 11.6 Å². The maximum absolute atomic E-state index is 12.6. The summed E-state index contributed by atoms with van der Waals surface area (Å²) in [4.78, 5) is 42.3. The van der Waals surface area contributed by atoms with E-state index in [2.05, 4.69) is 19.9 Å². The molecule has 4 rings (SSSR count). The number of fused-ring (bicyclic) bond motifs is 1. The van der Waals surface area contributed by atoms with Crippen LogP contribution < -0.4 is 10.2 Å². The van der Waals surface area contributed by atoms with Gasteiger partial charge >= 0.3 is 12.3 Å². The number of hydrogen-bond acceptors (Lipinski definition) is 6. The lowest BCUT2D eigenvalue weighted by atomic mass is 10.1. The zero-order valence-electron chi connectivity index (χ0n) is 16.8. The molecule has 1 saturated heterocycles. The summed E-state index contributed by atoms with van der Waals surface area (Å²) in [5.74, 6) is -0.748. The van der Waals surface area contributed by atoms with Gasteiger partial charge in [-0.2, -0.15) is 13.2 Å². The topological polar surface area (TPSA) is 127 Å². The molecular formula is C19H17ClF3N7O3. The molecule has 0 aromatic carbocycles. The number of anilines is 1. The van der Waals surface area contributed by atoms with Crippen LogP contribution in [0.5, 0.6) is 0 Å². The number of H-pyrrole nitrogens is 1. The van der Waals surface area contributed by atoms with Crippen LogP contribution >= 0.6 is 11.6 Å². The summed E-state index contributed by atoms with van der Waals surface area (Å²) in [5.41, 5.74) is 1.62. The SMILES string of the molecule is O=C(NCC(F)(F)F)[C@H]1CN(C(=O)O)CCN1c1cncc(-c2c[nH]c3ncc(Cl)cc23)n1. The van der Waals surface area contributed by atoms with Crippen LogP contribution in [0.15, 0.2) is 30.9 Å². The van der Waals surface area contributed by atoms with Gasteiger partial charge in [-0.05, 0) is 6.07 Å². The summed E-state index contributed by atoms with van der Waals surface area (Å²) in [5, 5.41) is 12.2. The summed E-state index contributed by atoms with van der Waals surface area (Å²) < 4.78 is 37.8. The number of hydrogen-bond donors (Lipinski definition) is 3. The Morgan fingerprint density at radius 3 is 2.79 bits per heavy atom. The van der Waals surface area contributed by atoms with Gasteiger partial charge in [0, 0.05) is 36.4 Å². The highest BCUT2D eigenvalue weighted by atomic mass is 35.5. The molecular weight excluding hydrogens is 467 g/mol. The smallest absolute Gasteiger partial charge is 0.407 e. The Kier molecular flexibility index (Phi) is 5.97. The summed E-state index contributed by atoms with van der Waals surface area (Å²) in [6.45, 7) is -1.78. The average molecular weight is 484 g/mol. The molecule has 1 atom stereocenters. The van der Waals surface area contributed by atoms with Crippen LogP contribution in [0.4, 0.5) is 23.8 Å². The summed E-state index contributed by atoms with van der Waals surface area (Å²) >= 11 is 6.05. The predicted molar refractivity (Wildman–Crippen MR) is 112 cm³/mol. The Balaban J connectivity index is 1.66. The van der Waals surface area contributed by atoms with Crippen molar-refractivity contribution < 1.29 is 27.9 Å². The zero-order valence-corrected chi connectivity index (χ0v) is 17.6. The van der Waals surface area contributed by atoms with Crippen molar-refractivity contribution in [3.63, 3.8) is 0 Å². The minimum Gasteiger partial charge on any atom is -0.465 e. The Morgan fingerprint density at radius 2 is 2.06 bits per heavy atom. The van der Waals surface area contributed by atoms with Gasteiger partial charge in [-0.15, -0.1) is 0 Å². The van der Waals surface area contributed by atoms with E-state index in [0.29, 0.717) is 27.3 Å². The largest absolute Gasteiger partial charge is 0.465 e. The molecule has 174 valence electrons. The van der Waals surface area contributed by atoms with Crippen LogP contribution in [0.2, 0.25) is 5.02 Å². The highest BCUT2D eigenvalue weighted by Crippen LogP contribution is 2.29.